The van der Waals surface area contributed by atoms with Gasteiger partial charge >= 0.3 is 0 Å². The summed E-state index contributed by atoms with van der Waals surface area (Å²) in [6.07, 6.45) is 0. The number of hydrogen-bond donors (Lipinski definition) is 1. The van der Waals surface area contributed by atoms with Crippen molar-refractivity contribution in [3.8, 4) is 10.6 Å². The molecule has 0 atom stereocenters. The molecule has 98 valence electrons. The minimum atomic E-state index is 0.430. The Labute approximate surface area is 122 Å². The van der Waals surface area contributed by atoms with E-state index in [4.69, 9.17) is 5.73 Å². The van der Waals surface area contributed by atoms with Crippen molar-refractivity contribution < 1.29 is 0 Å². The molecular formula is C11H11N5S3. The first-order chi connectivity index (χ1) is 9.24. The summed E-state index contributed by atoms with van der Waals surface area (Å²) >= 11 is 4.94. The van der Waals surface area contributed by atoms with Gasteiger partial charge in [0.05, 0.1) is 5.69 Å². The summed E-state index contributed by atoms with van der Waals surface area (Å²) in [5, 5.41) is 16.0. The van der Waals surface area contributed by atoms with Crippen LogP contribution in [0.1, 0.15) is 5.69 Å². The molecule has 0 saturated heterocycles. The molecule has 0 saturated carbocycles. The van der Waals surface area contributed by atoms with E-state index in [9.17, 15) is 0 Å². The molecule has 19 heavy (non-hydrogen) atoms. The zero-order valence-corrected chi connectivity index (χ0v) is 12.6. The number of nitrogens with zero attached hydrogens (tertiary/aromatic N) is 4. The molecule has 3 aromatic rings. The third-order valence-electron chi connectivity index (χ3n) is 2.54. The van der Waals surface area contributed by atoms with Crippen LogP contribution in [0.25, 0.3) is 10.6 Å². The third-order valence-corrected chi connectivity index (χ3v) is 5.21. The molecule has 0 radical (unpaired) electrons. The van der Waals surface area contributed by atoms with Crippen molar-refractivity contribution in [3.05, 3.63) is 27.9 Å². The van der Waals surface area contributed by atoms with Gasteiger partial charge in [-0.15, -0.1) is 21.5 Å². The van der Waals surface area contributed by atoms with Crippen molar-refractivity contribution in [2.24, 2.45) is 7.05 Å². The summed E-state index contributed by atoms with van der Waals surface area (Å²) in [7, 11) is 1.86. The smallest absolute Gasteiger partial charge is 0.222 e. The van der Waals surface area contributed by atoms with Crippen LogP contribution in [0.4, 0.5) is 5.95 Å². The molecule has 0 fully saturated rings. The van der Waals surface area contributed by atoms with Crippen molar-refractivity contribution in [2.75, 3.05) is 5.73 Å². The third kappa shape index (κ3) is 2.65. The molecular weight excluding hydrogens is 298 g/mol. The quantitative estimate of drug-likeness (QED) is 0.750. The Morgan fingerprint density at radius 1 is 1.37 bits per heavy atom. The van der Waals surface area contributed by atoms with Gasteiger partial charge in [-0.2, -0.15) is 11.3 Å². The van der Waals surface area contributed by atoms with Crippen LogP contribution in [-0.2, 0) is 12.8 Å². The maximum Gasteiger partial charge on any atom is 0.222 e. The molecule has 0 aliphatic rings. The zero-order chi connectivity index (χ0) is 13.2. The molecule has 0 aliphatic heterocycles. The number of thioether (sulfide) groups is 1. The van der Waals surface area contributed by atoms with Gasteiger partial charge in [-0.3, -0.25) is 4.57 Å². The second kappa shape index (κ2) is 5.32. The summed E-state index contributed by atoms with van der Waals surface area (Å²) in [5.41, 5.74) is 7.88. The van der Waals surface area contributed by atoms with Crippen LogP contribution in [0.15, 0.2) is 27.4 Å². The van der Waals surface area contributed by atoms with E-state index in [-0.39, 0.29) is 0 Å². The van der Waals surface area contributed by atoms with E-state index in [0.29, 0.717) is 5.95 Å². The van der Waals surface area contributed by atoms with E-state index in [1.165, 1.54) is 5.56 Å². The Hall–Kier alpha value is -1.38. The number of hydrogen-bond acceptors (Lipinski definition) is 7. The topological polar surface area (TPSA) is 69.6 Å². The van der Waals surface area contributed by atoms with Gasteiger partial charge in [0.25, 0.3) is 0 Å². The number of anilines is 1. The second-order valence-electron chi connectivity index (χ2n) is 3.84. The van der Waals surface area contributed by atoms with E-state index < -0.39 is 0 Å². The van der Waals surface area contributed by atoms with Crippen LogP contribution >= 0.6 is 34.4 Å². The Bertz CT molecular complexity index is 670. The average molecular weight is 309 g/mol. The van der Waals surface area contributed by atoms with Gasteiger partial charge in [0.1, 0.15) is 5.01 Å². The first-order valence-electron chi connectivity index (χ1n) is 5.48. The molecule has 0 aromatic carbocycles. The van der Waals surface area contributed by atoms with E-state index in [1.54, 1.807) is 39.0 Å². The molecule has 3 aromatic heterocycles. The zero-order valence-electron chi connectivity index (χ0n) is 10.1. The fraction of sp³-hybridized carbons (Fsp3) is 0.182. The molecule has 3 heterocycles. The summed E-state index contributed by atoms with van der Waals surface area (Å²) in [5.74, 6) is 1.20. The second-order valence-corrected chi connectivity index (χ2v) is 6.43. The summed E-state index contributed by atoms with van der Waals surface area (Å²) in [6.45, 7) is 0. The maximum atomic E-state index is 5.64. The van der Waals surface area contributed by atoms with Crippen molar-refractivity contribution in [2.45, 2.75) is 10.9 Å². The Morgan fingerprint density at radius 3 is 2.95 bits per heavy atom. The van der Waals surface area contributed by atoms with Crippen molar-refractivity contribution in [1.29, 1.82) is 0 Å². The highest BCUT2D eigenvalue weighted by Gasteiger charge is 2.09. The molecule has 3 rings (SSSR count). The number of nitrogens with two attached hydrogens (primary N) is 1. The lowest BCUT2D eigenvalue weighted by atomic mass is 10.4. The number of thiazole rings is 1. The van der Waals surface area contributed by atoms with Gasteiger partial charge in [0.15, 0.2) is 5.16 Å². The SMILES string of the molecule is Cn1c(N)nnc1SCc1csc(-c2ccsc2)n1. The molecule has 8 heteroatoms. The van der Waals surface area contributed by atoms with Gasteiger partial charge in [-0.25, -0.2) is 4.98 Å². The highest BCUT2D eigenvalue weighted by atomic mass is 32.2. The van der Waals surface area contributed by atoms with Crippen LogP contribution in [-0.4, -0.2) is 19.7 Å². The van der Waals surface area contributed by atoms with Crippen LogP contribution in [0.3, 0.4) is 0 Å². The summed E-state index contributed by atoms with van der Waals surface area (Å²) in [4.78, 5) is 4.62. The molecule has 0 aliphatic carbocycles. The van der Waals surface area contributed by atoms with E-state index in [0.717, 1.165) is 21.6 Å². The molecule has 0 spiro atoms. The fourth-order valence-electron chi connectivity index (χ4n) is 1.48. The predicted molar refractivity (Wildman–Crippen MR) is 80.4 cm³/mol. The summed E-state index contributed by atoms with van der Waals surface area (Å²) < 4.78 is 1.77. The highest BCUT2D eigenvalue weighted by molar-refractivity contribution is 7.98. The van der Waals surface area contributed by atoms with Gasteiger partial charge in [-0.05, 0) is 11.4 Å². The van der Waals surface area contributed by atoms with E-state index in [2.05, 4.69) is 37.4 Å². The Balaban J connectivity index is 1.69. The largest absolute Gasteiger partial charge is 0.368 e. The number of nitrogen functional groups attached to an aromatic ring is 1. The number of thiophene rings is 1. The minimum absolute atomic E-state index is 0.430. The van der Waals surface area contributed by atoms with Crippen LogP contribution in [0.5, 0.6) is 0 Å². The van der Waals surface area contributed by atoms with Gasteiger partial charge in [0, 0.05) is 29.1 Å². The van der Waals surface area contributed by atoms with Crippen molar-refractivity contribution in [1.82, 2.24) is 19.7 Å². The monoisotopic (exact) mass is 309 g/mol. The fourth-order valence-corrected chi connectivity index (χ4v) is 3.93. The van der Waals surface area contributed by atoms with Gasteiger partial charge < -0.3 is 5.73 Å². The van der Waals surface area contributed by atoms with E-state index in [1.807, 2.05) is 7.05 Å². The molecule has 5 nitrogen and oxygen atoms in total. The molecule has 0 unspecified atom stereocenters. The van der Waals surface area contributed by atoms with Crippen LogP contribution in [0.2, 0.25) is 0 Å². The predicted octanol–water partition coefficient (Wildman–Crippen LogP) is 2.87. The lowest BCUT2D eigenvalue weighted by molar-refractivity contribution is 0.795. The van der Waals surface area contributed by atoms with Gasteiger partial charge in [0.2, 0.25) is 5.95 Å². The average Bonchev–Trinajstić information content (AvgIpc) is 3.11. The molecule has 2 N–H and O–H groups in total. The minimum Gasteiger partial charge on any atom is -0.368 e. The highest BCUT2D eigenvalue weighted by Crippen LogP contribution is 2.28. The van der Waals surface area contributed by atoms with Crippen LogP contribution in [0, 0.1) is 0 Å². The van der Waals surface area contributed by atoms with Crippen molar-refractivity contribution in [3.63, 3.8) is 0 Å². The normalized spacial score (nSPS) is 11.0. The van der Waals surface area contributed by atoms with E-state index >= 15 is 0 Å². The number of aromatic nitrogens is 4. The lowest BCUT2D eigenvalue weighted by Crippen LogP contribution is -1.98. The Morgan fingerprint density at radius 2 is 2.26 bits per heavy atom. The standard InChI is InChI=1S/C11H11N5S3/c1-16-10(12)14-15-11(16)19-6-8-5-18-9(13-8)7-2-3-17-4-7/h2-5H,6H2,1H3,(H2,12,14). The molecule has 0 bridgehead atoms. The lowest BCUT2D eigenvalue weighted by Gasteiger charge is -1.98. The number of rotatable bonds is 4. The maximum absolute atomic E-state index is 5.64. The summed E-state index contributed by atoms with van der Waals surface area (Å²) in [6, 6.07) is 2.09. The van der Waals surface area contributed by atoms with Crippen molar-refractivity contribution >= 4 is 40.4 Å². The first-order valence-corrected chi connectivity index (χ1v) is 8.29. The van der Waals surface area contributed by atoms with Gasteiger partial charge in [-0.1, -0.05) is 11.8 Å². The first kappa shape index (κ1) is 12.6. The van der Waals surface area contributed by atoms with Crippen LogP contribution < -0.4 is 5.73 Å². The Kier molecular flexibility index (Phi) is 3.54. The molecule has 0 amide bonds.